The van der Waals surface area contributed by atoms with Gasteiger partial charge in [0, 0.05) is 32.7 Å². The number of rotatable bonds is 6. The SMILES string of the molecule is CN1CCN(CCCNS(=O)(=O)c2cnc(Cl)nc2)CC1. The first-order chi connectivity index (χ1) is 9.97. The first-order valence-electron chi connectivity index (χ1n) is 6.85. The van der Waals surface area contributed by atoms with Crippen LogP contribution in [0.3, 0.4) is 0 Å². The molecule has 1 fully saturated rings. The van der Waals surface area contributed by atoms with Gasteiger partial charge in [0.25, 0.3) is 0 Å². The Kier molecular flexibility index (Phi) is 5.88. The van der Waals surface area contributed by atoms with E-state index in [4.69, 9.17) is 11.6 Å². The van der Waals surface area contributed by atoms with Gasteiger partial charge >= 0.3 is 0 Å². The van der Waals surface area contributed by atoms with Crippen molar-refractivity contribution >= 4 is 21.6 Å². The third kappa shape index (κ3) is 5.15. The molecule has 0 unspecified atom stereocenters. The number of piperazine rings is 1. The van der Waals surface area contributed by atoms with Crippen molar-refractivity contribution in [3.05, 3.63) is 17.7 Å². The molecule has 0 bridgehead atoms. The van der Waals surface area contributed by atoms with E-state index < -0.39 is 10.0 Å². The van der Waals surface area contributed by atoms with Crippen LogP contribution >= 0.6 is 11.6 Å². The molecule has 1 N–H and O–H groups in total. The molecule has 1 aromatic heterocycles. The second kappa shape index (κ2) is 7.46. The highest BCUT2D eigenvalue weighted by Crippen LogP contribution is 2.07. The summed E-state index contributed by atoms with van der Waals surface area (Å²) in [6.45, 7) is 5.50. The van der Waals surface area contributed by atoms with E-state index in [1.807, 2.05) is 0 Å². The molecule has 9 heteroatoms. The van der Waals surface area contributed by atoms with Gasteiger partial charge in [-0.25, -0.2) is 23.1 Å². The fraction of sp³-hybridized carbons (Fsp3) is 0.667. The zero-order valence-electron chi connectivity index (χ0n) is 12.0. The molecule has 118 valence electrons. The topological polar surface area (TPSA) is 78.4 Å². The molecule has 1 aromatic rings. The summed E-state index contributed by atoms with van der Waals surface area (Å²) in [6, 6.07) is 0. The number of aromatic nitrogens is 2. The van der Waals surface area contributed by atoms with Crippen LogP contribution in [0.5, 0.6) is 0 Å². The van der Waals surface area contributed by atoms with Crippen LogP contribution < -0.4 is 4.72 Å². The highest BCUT2D eigenvalue weighted by molar-refractivity contribution is 7.89. The maximum absolute atomic E-state index is 12.0. The number of nitrogens with one attached hydrogen (secondary N) is 1. The van der Waals surface area contributed by atoms with Crippen LogP contribution in [0.4, 0.5) is 0 Å². The van der Waals surface area contributed by atoms with Crippen molar-refractivity contribution in [1.82, 2.24) is 24.5 Å². The van der Waals surface area contributed by atoms with E-state index in [0.717, 1.165) is 39.1 Å². The van der Waals surface area contributed by atoms with E-state index in [9.17, 15) is 8.42 Å². The Morgan fingerprint density at radius 1 is 1.24 bits per heavy atom. The van der Waals surface area contributed by atoms with Gasteiger partial charge in [0.2, 0.25) is 15.3 Å². The van der Waals surface area contributed by atoms with Gasteiger partial charge in [-0.2, -0.15) is 0 Å². The predicted molar refractivity (Wildman–Crippen MR) is 80.8 cm³/mol. The highest BCUT2D eigenvalue weighted by atomic mass is 35.5. The van der Waals surface area contributed by atoms with Crippen molar-refractivity contribution in [3.63, 3.8) is 0 Å². The molecule has 2 rings (SSSR count). The third-order valence-corrected chi connectivity index (χ3v) is 5.06. The van der Waals surface area contributed by atoms with Gasteiger partial charge < -0.3 is 9.80 Å². The normalized spacial score (nSPS) is 18.0. The molecule has 0 aliphatic carbocycles. The smallest absolute Gasteiger partial charge is 0.243 e. The van der Waals surface area contributed by atoms with Gasteiger partial charge in [-0.3, -0.25) is 0 Å². The van der Waals surface area contributed by atoms with E-state index in [-0.39, 0.29) is 10.2 Å². The molecule has 7 nitrogen and oxygen atoms in total. The summed E-state index contributed by atoms with van der Waals surface area (Å²) in [6.07, 6.45) is 3.19. The Balaban J connectivity index is 1.73. The van der Waals surface area contributed by atoms with E-state index in [2.05, 4.69) is 31.5 Å². The Morgan fingerprint density at radius 3 is 2.48 bits per heavy atom. The van der Waals surface area contributed by atoms with E-state index >= 15 is 0 Å². The second-order valence-electron chi connectivity index (χ2n) is 5.08. The lowest BCUT2D eigenvalue weighted by Gasteiger charge is -2.32. The monoisotopic (exact) mass is 333 g/mol. The first-order valence-corrected chi connectivity index (χ1v) is 8.71. The Hall–Kier alpha value is -0.800. The summed E-state index contributed by atoms with van der Waals surface area (Å²) < 4.78 is 26.5. The lowest BCUT2D eigenvalue weighted by molar-refractivity contribution is 0.153. The molecule has 0 atom stereocenters. The Bertz CT molecular complexity index is 543. The van der Waals surface area contributed by atoms with E-state index in [1.54, 1.807) is 0 Å². The van der Waals surface area contributed by atoms with Gasteiger partial charge in [0.05, 0.1) is 12.4 Å². The minimum absolute atomic E-state index is 0.0315. The van der Waals surface area contributed by atoms with Crippen LogP contribution in [0.25, 0.3) is 0 Å². The number of hydrogen-bond acceptors (Lipinski definition) is 6. The fourth-order valence-corrected chi connectivity index (χ4v) is 3.16. The summed E-state index contributed by atoms with van der Waals surface area (Å²) >= 11 is 5.54. The maximum atomic E-state index is 12.0. The lowest BCUT2D eigenvalue weighted by atomic mass is 10.3. The van der Waals surface area contributed by atoms with Crippen molar-refractivity contribution in [1.29, 1.82) is 0 Å². The summed E-state index contributed by atoms with van der Waals surface area (Å²) in [4.78, 5) is 12.0. The summed E-state index contributed by atoms with van der Waals surface area (Å²) in [5, 5.41) is 0.0315. The molecule has 2 heterocycles. The summed E-state index contributed by atoms with van der Waals surface area (Å²) in [7, 11) is -1.44. The van der Waals surface area contributed by atoms with Crippen LogP contribution in [0.1, 0.15) is 6.42 Å². The average molecular weight is 334 g/mol. The van der Waals surface area contributed by atoms with Gasteiger partial charge in [-0.15, -0.1) is 0 Å². The molecule has 0 spiro atoms. The molecule has 21 heavy (non-hydrogen) atoms. The average Bonchev–Trinajstić information content (AvgIpc) is 2.46. The summed E-state index contributed by atoms with van der Waals surface area (Å²) in [5.74, 6) is 0. The van der Waals surface area contributed by atoms with Gasteiger partial charge in [0.15, 0.2) is 0 Å². The van der Waals surface area contributed by atoms with Crippen molar-refractivity contribution in [2.75, 3.05) is 46.3 Å². The molecule has 1 aliphatic rings. The number of nitrogens with zero attached hydrogens (tertiary/aromatic N) is 4. The molecular formula is C12H20ClN5O2S. The maximum Gasteiger partial charge on any atom is 0.243 e. The fourth-order valence-electron chi connectivity index (χ4n) is 2.10. The minimum Gasteiger partial charge on any atom is -0.304 e. The zero-order valence-corrected chi connectivity index (χ0v) is 13.6. The highest BCUT2D eigenvalue weighted by Gasteiger charge is 2.16. The number of sulfonamides is 1. The molecular weight excluding hydrogens is 314 g/mol. The number of likely N-dealkylation sites (N-methyl/N-ethyl adjacent to an activating group) is 1. The van der Waals surface area contributed by atoms with Crippen molar-refractivity contribution in [2.24, 2.45) is 0 Å². The molecule has 0 amide bonds. The first kappa shape index (κ1) is 16.6. The molecule has 1 aliphatic heterocycles. The van der Waals surface area contributed by atoms with Gasteiger partial charge in [-0.1, -0.05) is 0 Å². The quantitative estimate of drug-likeness (QED) is 0.585. The van der Waals surface area contributed by atoms with E-state index in [0.29, 0.717) is 6.54 Å². The van der Waals surface area contributed by atoms with Crippen LogP contribution in [0.15, 0.2) is 17.3 Å². The molecule has 0 saturated carbocycles. The molecule has 0 radical (unpaired) electrons. The minimum atomic E-state index is -3.55. The van der Waals surface area contributed by atoms with Crippen LogP contribution in [-0.4, -0.2) is 74.5 Å². The summed E-state index contributed by atoms with van der Waals surface area (Å²) in [5.41, 5.74) is 0. The number of hydrogen-bond donors (Lipinski definition) is 1. The lowest BCUT2D eigenvalue weighted by Crippen LogP contribution is -2.45. The Morgan fingerprint density at radius 2 is 1.86 bits per heavy atom. The van der Waals surface area contributed by atoms with Crippen molar-refractivity contribution < 1.29 is 8.42 Å². The third-order valence-electron chi connectivity index (χ3n) is 3.45. The van der Waals surface area contributed by atoms with Crippen LogP contribution in [-0.2, 0) is 10.0 Å². The molecule has 0 aromatic carbocycles. The van der Waals surface area contributed by atoms with Gasteiger partial charge in [0.1, 0.15) is 4.90 Å². The second-order valence-corrected chi connectivity index (χ2v) is 7.19. The van der Waals surface area contributed by atoms with Crippen LogP contribution in [0.2, 0.25) is 5.28 Å². The van der Waals surface area contributed by atoms with Gasteiger partial charge in [-0.05, 0) is 31.6 Å². The Labute approximate surface area is 130 Å². The van der Waals surface area contributed by atoms with E-state index in [1.165, 1.54) is 12.4 Å². The molecule has 1 saturated heterocycles. The largest absolute Gasteiger partial charge is 0.304 e. The van der Waals surface area contributed by atoms with Crippen LogP contribution in [0, 0.1) is 0 Å². The standard InChI is InChI=1S/C12H20ClN5O2S/c1-17-5-7-18(8-6-17)4-2-3-16-21(19,20)11-9-14-12(13)15-10-11/h9-10,16H,2-8H2,1H3. The number of halogens is 1. The van der Waals surface area contributed by atoms with Crippen molar-refractivity contribution in [2.45, 2.75) is 11.3 Å². The van der Waals surface area contributed by atoms with Crippen molar-refractivity contribution in [3.8, 4) is 0 Å². The predicted octanol–water partition coefficient (Wildman–Crippen LogP) is 0.0458. The zero-order chi connectivity index (χ0) is 15.3.